The number of amides is 2. The molecular weight excluding hydrogens is 308 g/mol. The number of urea groups is 1. The lowest BCUT2D eigenvalue weighted by molar-refractivity contribution is 0.243. The van der Waals surface area contributed by atoms with Gasteiger partial charge in [-0.1, -0.05) is 41.9 Å². The van der Waals surface area contributed by atoms with Crippen LogP contribution < -0.4 is 27.0 Å². The van der Waals surface area contributed by atoms with Crippen molar-refractivity contribution < 1.29 is 9.59 Å². The molecule has 0 atom stereocenters. The molecule has 8 heteroatoms. The molecule has 2 amide bonds. The summed E-state index contributed by atoms with van der Waals surface area (Å²) in [6.07, 6.45) is 3.30. The van der Waals surface area contributed by atoms with Crippen LogP contribution in [-0.2, 0) is 4.79 Å². The molecule has 0 aliphatic heterocycles. The molecule has 0 saturated carbocycles. The molecule has 24 heavy (non-hydrogen) atoms. The number of nitrogens with zero attached hydrogens (tertiary/aromatic N) is 1. The zero-order valence-electron chi connectivity index (χ0n) is 14.1. The normalized spacial score (nSPS) is 7.00. The lowest BCUT2D eigenvalue weighted by atomic mass is 10.5. The Morgan fingerprint density at radius 2 is 1.62 bits per heavy atom. The van der Waals surface area contributed by atoms with Gasteiger partial charge in [0.15, 0.2) is 0 Å². The van der Waals surface area contributed by atoms with Gasteiger partial charge in [0, 0.05) is 20.6 Å². The first-order valence-corrected chi connectivity index (χ1v) is 6.96. The Kier molecular flexibility index (Phi) is 39.7. The number of rotatable bonds is 7. The molecule has 0 aliphatic carbocycles. The molecule has 0 radical (unpaired) electrons. The van der Waals surface area contributed by atoms with Crippen LogP contribution in [0.4, 0.5) is 4.79 Å². The highest BCUT2D eigenvalue weighted by Gasteiger charge is 1.97. The van der Waals surface area contributed by atoms with Gasteiger partial charge in [0.25, 0.3) is 0 Å². The van der Waals surface area contributed by atoms with Crippen molar-refractivity contribution in [3.63, 3.8) is 0 Å². The smallest absolute Gasteiger partial charge is 0.320 e. The third-order valence-corrected chi connectivity index (χ3v) is 1.82. The highest BCUT2D eigenvalue weighted by atomic mass is 16.2. The van der Waals surface area contributed by atoms with E-state index in [2.05, 4.69) is 39.4 Å². The van der Waals surface area contributed by atoms with Crippen LogP contribution in [0.25, 0.3) is 0 Å². The minimum Gasteiger partial charge on any atom is -0.386 e. The Balaban J connectivity index is -0.0000000796. The van der Waals surface area contributed by atoms with Gasteiger partial charge in [0.1, 0.15) is 0 Å². The first-order valence-electron chi connectivity index (χ1n) is 6.96. The summed E-state index contributed by atoms with van der Waals surface area (Å²) in [5, 5.41) is 10.5. The minimum atomic E-state index is -0.216. The molecule has 0 unspecified atom stereocenters. The lowest BCUT2D eigenvalue weighted by Gasteiger charge is -2.07. The van der Waals surface area contributed by atoms with E-state index in [9.17, 15) is 9.59 Å². The van der Waals surface area contributed by atoms with Gasteiger partial charge < -0.3 is 21.7 Å². The molecule has 0 aromatic heterocycles. The van der Waals surface area contributed by atoms with Crippen molar-refractivity contribution in [2.24, 2.45) is 10.7 Å². The van der Waals surface area contributed by atoms with E-state index in [1.807, 2.05) is 13.8 Å². The fourth-order valence-electron chi connectivity index (χ4n) is 0.640. The van der Waals surface area contributed by atoms with Crippen LogP contribution >= 0.6 is 0 Å². The van der Waals surface area contributed by atoms with Gasteiger partial charge in [-0.3, -0.25) is 5.32 Å². The average Bonchev–Trinajstić information content (AvgIpc) is 2.51. The van der Waals surface area contributed by atoms with E-state index in [0.29, 0.717) is 24.7 Å². The van der Waals surface area contributed by atoms with Crippen molar-refractivity contribution >= 4 is 12.1 Å². The molecule has 6 N–H and O–H groups in total. The number of hydrogen-bond acceptors (Lipinski definition) is 6. The second-order valence-corrected chi connectivity index (χ2v) is 3.86. The summed E-state index contributed by atoms with van der Waals surface area (Å²) in [5.74, 6) is 1.00. The zero-order valence-corrected chi connectivity index (χ0v) is 14.1. The van der Waals surface area contributed by atoms with Crippen molar-refractivity contribution in [3.05, 3.63) is 24.8 Å². The molecular formula is C16H38N6O2. The first-order chi connectivity index (χ1) is 10.4. The van der Waals surface area contributed by atoms with Crippen LogP contribution in [0.15, 0.2) is 29.8 Å². The van der Waals surface area contributed by atoms with Crippen LogP contribution in [-0.4, -0.2) is 39.3 Å². The standard InChI is InChI=1S/C7H15N3O.C4H7NO.C3H8N2.2CH4/c1-4-5-9-7(11)10-6(2)8-3;1-2-3-5-4-6;1-3(4)5-2;;/h8H,2,4-5H2,1,3H3,(H2,9,10,11);2-3H2,1H3;5H,1,4H2,2H3;2*1H4. The van der Waals surface area contributed by atoms with E-state index in [1.165, 1.54) is 6.08 Å². The van der Waals surface area contributed by atoms with Gasteiger partial charge in [-0.05, 0) is 12.8 Å². The van der Waals surface area contributed by atoms with Crippen LogP contribution in [0, 0.1) is 0 Å². The van der Waals surface area contributed by atoms with Crippen molar-refractivity contribution in [2.75, 3.05) is 27.2 Å². The van der Waals surface area contributed by atoms with Crippen LogP contribution in [0.3, 0.4) is 0 Å². The Hall–Kier alpha value is -2.47. The SMILES string of the molecule is C.C.C=C(N)NC.C=C(NC)NC(=O)NCCC.CCCN=C=O. The highest BCUT2D eigenvalue weighted by molar-refractivity contribution is 5.75. The molecule has 0 spiro atoms. The second kappa shape index (κ2) is 28.7. The Labute approximate surface area is 148 Å². The highest BCUT2D eigenvalue weighted by Crippen LogP contribution is 1.75. The maximum atomic E-state index is 10.8. The topological polar surface area (TPSA) is 121 Å². The van der Waals surface area contributed by atoms with Crippen molar-refractivity contribution in [1.82, 2.24) is 21.3 Å². The number of aliphatic imine (C=N–C) groups is 1. The predicted molar refractivity (Wildman–Crippen MR) is 104 cm³/mol. The number of carbonyl (C=O) groups is 1. The number of carbonyl (C=O) groups excluding carboxylic acids is 2. The van der Waals surface area contributed by atoms with E-state index >= 15 is 0 Å². The number of hydrogen-bond donors (Lipinski definition) is 5. The molecule has 144 valence electrons. The summed E-state index contributed by atoms with van der Waals surface area (Å²) in [7, 11) is 3.42. The number of nitrogens with one attached hydrogen (secondary N) is 4. The van der Waals surface area contributed by atoms with Crippen molar-refractivity contribution in [3.8, 4) is 0 Å². The summed E-state index contributed by atoms with van der Waals surface area (Å²) in [4.78, 5) is 23.4. The fraction of sp³-hybridized carbons (Fsp3) is 0.625. The van der Waals surface area contributed by atoms with Gasteiger partial charge in [-0.2, -0.15) is 0 Å². The molecule has 0 aliphatic rings. The summed E-state index contributed by atoms with van der Waals surface area (Å²) in [6, 6.07) is -0.216. The summed E-state index contributed by atoms with van der Waals surface area (Å²) in [6.45, 7) is 12.1. The lowest BCUT2D eigenvalue weighted by Crippen LogP contribution is -2.38. The molecule has 0 bridgehead atoms. The molecule has 0 rings (SSSR count). The Morgan fingerprint density at radius 3 is 1.88 bits per heavy atom. The summed E-state index contributed by atoms with van der Waals surface area (Å²) < 4.78 is 0. The van der Waals surface area contributed by atoms with Crippen LogP contribution in [0.2, 0.25) is 0 Å². The van der Waals surface area contributed by atoms with Crippen LogP contribution in [0.1, 0.15) is 41.5 Å². The van der Waals surface area contributed by atoms with Crippen LogP contribution in [0.5, 0.6) is 0 Å². The molecule has 0 saturated heterocycles. The average molecular weight is 347 g/mol. The predicted octanol–water partition coefficient (Wildman–Crippen LogP) is 2.03. The van der Waals surface area contributed by atoms with Gasteiger partial charge >= 0.3 is 6.03 Å². The third kappa shape index (κ3) is 42.7. The summed E-state index contributed by atoms with van der Waals surface area (Å²) in [5.41, 5.74) is 4.99. The maximum absolute atomic E-state index is 10.8. The van der Waals surface area contributed by atoms with Crippen molar-refractivity contribution in [2.45, 2.75) is 41.5 Å². The van der Waals surface area contributed by atoms with Gasteiger partial charge in [-0.25, -0.2) is 14.6 Å². The van der Waals surface area contributed by atoms with Crippen molar-refractivity contribution in [1.29, 1.82) is 0 Å². The molecule has 8 nitrogen and oxygen atoms in total. The van der Waals surface area contributed by atoms with Gasteiger partial charge in [0.05, 0.1) is 18.2 Å². The molecule has 0 heterocycles. The van der Waals surface area contributed by atoms with E-state index in [0.717, 1.165) is 12.8 Å². The third-order valence-electron chi connectivity index (χ3n) is 1.82. The Morgan fingerprint density at radius 1 is 1.12 bits per heavy atom. The molecule has 0 fully saturated rings. The minimum absolute atomic E-state index is 0. The number of nitrogens with two attached hydrogens (primary N) is 1. The Bertz CT molecular complexity index is 352. The largest absolute Gasteiger partial charge is 0.386 e. The first kappa shape index (κ1) is 33.2. The summed E-state index contributed by atoms with van der Waals surface area (Å²) >= 11 is 0. The monoisotopic (exact) mass is 346 g/mol. The van der Waals surface area contributed by atoms with E-state index in [4.69, 9.17) is 5.73 Å². The van der Waals surface area contributed by atoms with Gasteiger partial charge in [0.2, 0.25) is 6.08 Å². The molecule has 0 aromatic rings. The molecule has 0 aromatic carbocycles. The van der Waals surface area contributed by atoms with E-state index in [-0.39, 0.29) is 20.9 Å². The zero-order chi connectivity index (χ0) is 17.8. The van der Waals surface area contributed by atoms with Gasteiger partial charge in [-0.15, -0.1) is 0 Å². The maximum Gasteiger partial charge on any atom is 0.320 e. The van der Waals surface area contributed by atoms with E-state index in [1.54, 1.807) is 14.1 Å². The fourth-order valence-corrected chi connectivity index (χ4v) is 0.640. The van der Waals surface area contributed by atoms with E-state index < -0.39 is 0 Å². The quantitative estimate of drug-likeness (QED) is 0.357. The number of isocyanates is 1. The second-order valence-electron chi connectivity index (χ2n) is 3.86.